The van der Waals surface area contributed by atoms with Crippen LogP contribution in [-0.2, 0) is 0 Å². The Morgan fingerprint density at radius 3 is 2.73 bits per heavy atom. The van der Waals surface area contributed by atoms with Gasteiger partial charge in [-0.2, -0.15) is 0 Å². The summed E-state index contributed by atoms with van der Waals surface area (Å²) in [7, 11) is 0. The van der Waals surface area contributed by atoms with E-state index in [1.807, 2.05) is 6.07 Å². The molecular formula is C17H21FN2OS. The van der Waals surface area contributed by atoms with Gasteiger partial charge in [0.2, 0.25) is 0 Å². The van der Waals surface area contributed by atoms with Gasteiger partial charge in [-0.05, 0) is 44.1 Å². The third-order valence-electron chi connectivity index (χ3n) is 4.14. The third-order valence-corrected chi connectivity index (χ3v) is 5.24. The van der Waals surface area contributed by atoms with Crippen molar-refractivity contribution in [3.63, 3.8) is 0 Å². The summed E-state index contributed by atoms with van der Waals surface area (Å²) in [4.78, 5) is 15.2. The summed E-state index contributed by atoms with van der Waals surface area (Å²) >= 11 is 1.34. The average molecular weight is 320 g/mol. The minimum Gasteiger partial charge on any atom is -0.350 e. The van der Waals surface area contributed by atoms with E-state index in [1.165, 1.54) is 43.1 Å². The van der Waals surface area contributed by atoms with Crippen molar-refractivity contribution in [3.05, 3.63) is 35.0 Å². The molecule has 5 heteroatoms. The number of nitrogens with one attached hydrogen (secondary N) is 1. The summed E-state index contributed by atoms with van der Waals surface area (Å²) in [6, 6.07) is 6.60. The van der Waals surface area contributed by atoms with Crippen molar-refractivity contribution < 1.29 is 9.18 Å². The van der Waals surface area contributed by atoms with Gasteiger partial charge in [0.15, 0.2) is 0 Å². The van der Waals surface area contributed by atoms with Crippen molar-refractivity contribution in [3.8, 4) is 0 Å². The van der Waals surface area contributed by atoms with Gasteiger partial charge in [0.05, 0.1) is 4.88 Å². The van der Waals surface area contributed by atoms with Gasteiger partial charge in [0.25, 0.3) is 5.91 Å². The van der Waals surface area contributed by atoms with Crippen LogP contribution in [-0.4, -0.2) is 37.0 Å². The van der Waals surface area contributed by atoms with E-state index < -0.39 is 0 Å². The second kappa shape index (κ2) is 7.20. The lowest BCUT2D eigenvalue weighted by molar-refractivity contribution is 0.0952. The van der Waals surface area contributed by atoms with Crippen LogP contribution in [0, 0.1) is 5.82 Å². The lowest BCUT2D eigenvalue weighted by atomic mass is 10.2. The normalized spacial score (nSPS) is 16.6. The first kappa shape index (κ1) is 15.4. The van der Waals surface area contributed by atoms with Crippen LogP contribution in [0.15, 0.2) is 24.3 Å². The zero-order valence-electron chi connectivity index (χ0n) is 12.6. The third kappa shape index (κ3) is 3.65. The lowest BCUT2D eigenvalue weighted by Gasteiger charge is -2.19. The van der Waals surface area contributed by atoms with Crippen LogP contribution in [0.5, 0.6) is 0 Å². The quantitative estimate of drug-likeness (QED) is 0.932. The van der Waals surface area contributed by atoms with E-state index in [1.54, 1.807) is 12.1 Å². The number of benzene rings is 1. The Balaban J connectivity index is 1.55. The molecule has 1 N–H and O–H groups in total. The number of hydrogen-bond acceptors (Lipinski definition) is 3. The van der Waals surface area contributed by atoms with E-state index in [9.17, 15) is 9.18 Å². The molecule has 0 radical (unpaired) electrons. The molecule has 3 nitrogen and oxygen atoms in total. The highest BCUT2D eigenvalue weighted by Gasteiger charge is 2.13. The molecule has 22 heavy (non-hydrogen) atoms. The Bertz CT molecular complexity index is 647. The molecule has 2 heterocycles. The molecule has 0 unspecified atom stereocenters. The molecule has 1 fully saturated rings. The summed E-state index contributed by atoms with van der Waals surface area (Å²) in [5, 5.41) is 3.49. The molecule has 0 aliphatic carbocycles. The van der Waals surface area contributed by atoms with Gasteiger partial charge >= 0.3 is 0 Å². The van der Waals surface area contributed by atoms with Crippen LogP contribution in [0.1, 0.15) is 35.4 Å². The van der Waals surface area contributed by atoms with Gasteiger partial charge in [-0.3, -0.25) is 4.79 Å². The summed E-state index contributed by atoms with van der Waals surface area (Å²) in [5.74, 6) is -0.368. The van der Waals surface area contributed by atoms with Gasteiger partial charge in [-0.25, -0.2) is 4.39 Å². The van der Waals surface area contributed by atoms with E-state index >= 15 is 0 Å². The first-order chi connectivity index (χ1) is 10.7. The van der Waals surface area contributed by atoms with E-state index in [-0.39, 0.29) is 11.7 Å². The number of fused-ring (bicyclic) bond motifs is 1. The Morgan fingerprint density at radius 2 is 2.00 bits per heavy atom. The van der Waals surface area contributed by atoms with Crippen molar-refractivity contribution in [1.82, 2.24) is 10.2 Å². The number of likely N-dealkylation sites (tertiary alicyclic amines) is 1. The van der Waals surface area contributed by atoms with Crippen LogP contribution in [0.3, 0.4) is 0 Å². The minimum absolute atomic E-state index is 0.101. The van der Waals surface area contributed by atoms with Crippen LogP contribution in [0.2, 0.25) is 0 Å². The molecule has 1 saturated heterocycles. The SMILES string of the molecule is O=C(NCCN1CCCCCC1)c1cc2c(F)cccc2s1. The Hall–Kier alpha value is -1.46. The molecule has 0 bridgehead atoms. The number of rotatable bonds is 4. The largest absolute Gasteiger partial charge is 0.350 e. The van der Waals surface area contributed by atoms with Crippen LogP contribution < -0.4 is 5.32 Å². The molecule has 1 amide bonds. The first-order valence-corrected chi connectivity index (χ1v) is 8.74. The van der Waals surface area contributed by atoms with Crippen molar-refractivity contribution in [1.29, 1.82) is 0 Å². The summed E-state index contributed by atoms with van der Waals surface area (Å²) in [6.07, 6.45) is 5.14. The first-order valence-electron chi connectivity index (χ1n) is 7.92. The van der Waals surface area contributed by atoms with Crippen molar-refractivity contribution in [2.75, 3.05) is 26.2 Å². The summed E-state index contributed by atoms with van der Waals surface area (Å²) in [5.41, 5.74) is 0. The molecule has 1 aliphatic rings. The topological polar surface area (TPSA) is 32.3 Å². The number of carbonyl (C=O) groups excluding carboxylic acids is 1. The molecule has 0 spiro atoms. The van der Waals surface area contributed by atoms with Crippen molar-refractivity contribution in [2.24, 2.45) is 0 Å². The van der Waals surface area contributed by atoms with E-state index in [0.717, 1.165) is 24.3 Å². The maximum absolute atomic E-state index is 13.7. The number of thiophene rings is 1. The number of hydrogen-bond donors (Lipinski definition) is 1. The number of amides is 1. The lowest BCUT2D eigenvalue weighted by Crippen LogP contribution is -2.35. The molecule has 1 aliphatic heterocycles. The predicted molar refractivity (Wildman–Crippen MR) is 89.0 cm³/mol. The van der Waals surface area contributed by atoms with E-state index in [2.05, 4.69) is 10.2 Å². The van der Waals surface area contributed by atoms with Gasteiger partial charge in [0.1, 0.15) is 5.82 Å². The zero-order chi connectivity index (χ0) is 15.4. The van der Waals surface area contributed by atoms with Crippen LogP contribution in [0.25, 0.3) is 10.1 Å². The van der Waals surface area contributed by atoms with Gasteiger partial charge in [-0.15, -0.1) is 11.3 Å². The molecular weight excluding hydrogens is 299 g/mol. The zero-order valence-corrected chi connectivity index (χ0v) is 13.4. The summed E-state index contributed by atoms with van der Waals surface area (Å²) < 4.78 is 14.5. The number of halogens is 1. The average Bonchev–Trinajstić information content (AvgIpc) is 2.79. The number of carbonyl (C=O) groups is 1. The highest BCUT2D eigenvalue weighted by Crippen LogP contribution is 2.27. The second-order valence-corrected chi connectivity index (χ2v) is 6.86. The van der Waals surface area contributed by atoms with Crippen molar-refractivity contribution >= 4 is 27.3 Å². The second-order valence-electron chi connectivity index (χ2n) is 5.77. The van der Waals surface area contributed by atoms with Crippen LogP contribution >= 0.6 is 11.3 Å². The fourth-order valence-electron chi connectivity index (χ4n) is 2.91. The Kier molecular flexibility index (Phi) is 5.05. The molecule has 118 valence electrons. The van der Waals surface area contributed by atoms with E-state index in [0.29, 0.717) is 16.8 Å². The fraction of sp³-hybridized carbons (Fsp3) is 0.471. The molecule has 3 rings (SSSR count). The van der Waals surface area contributed by atoms with Crippen LogP contribution in [0.4, 0.5) is 4.39 Å². The van der Waals surface area contributed by atoms with Gasteiger partial charge < -0.3 is 10.2 Å². The molecule has 1 aromatic carbocycles. The predicted octanol–water partition coefficient (Wildman–Crippen LogP) is 3.65. The monoisotopic (exact) mass is 320 g/mol. The number of nitrogens with zero attached hydrogens (tertiary/aromatic N) is 1. The van der Waals surface area contributed by atoms with E-state index in [4.69, 9.17) is 0 Å². The molecule has 1 aromatic heterocycles. The summed E-state index contributed by atoms with van der Waals surface area (Å²) in [6.45, 7) is 3.80. The smallest absolute Gasteiger partial charge is 0.261 e. The highest BCUT2D eigenvalue weighted by molar-refractivity contribution is 7.20. The molecule has 2 aromatic rings. The maximum atomic E-state index is 13.7. The fourth-order valence-corrected chi connectivity index (χ4v) is 3.90. The van der Waals surface area contributed by atoms with Gasteiger partial charge in [-0.1, -0.05) is 18.9 Å². The molecule has 0 atom stereocenters. The Morgan fingerprint density at radius 1 is 1.23 bits per heavy atom. The minimum atomic E-state index is -0.266. The highest BCUT2D eigenvalue weighted by atomic mass is 32.1. The van der Waals surface area contributed by atoms with Crippen molar-refractivity contribution in [2.45, 2.75) is 25.7 Å². The van der Waals surface area contributed by atoms with Gasteiger partial charge in [0, 0.05) is 23.2 Å². The maximum Gasteiger partial charge on any atom is 0.261 e. The molecule has 0 saturated carbocycles. The Labute approximate surface area is 134 Å². The standard InChI is InChI=1S/C17H21FN2OS/c18-14-6-5-7-15-13(14)12-16(22-15)17(21)19-8-11-20-9-3-1-2-4-10-20/h5-7,12H,1-4,8-11H2,(H,19,21).